The first-order valence-corrected chi connectivity index (χ1v) is 10.2. The average Bonchev–Trinajstić information content (AvgIpc) is 3.09. The van der Waals surface area contributed by atoms with Crippen molar-refractivity contribution in [1.29, 1.82) is 0 Å². The van der Waals surface area contributed by atoms with E-state index in [2.05, 4.69) is 39.6 Å². The number of likely N-dealkylation sites (N-methyl/N-ethyl adjacent to an activating group) is 1. The Bertz CT molecular complexity index is 661. The number of aryl methyl sites for hydroxylation is 1. The van der Waals surface area contributed by atoms with E-state index in [-0.39, 0.29) is 42.5 Å². The van der Waals surface area contributed by atoms with Crippen LogP contribution in [0.1, 0.15) is 51.2 Å². The van der Waals surface area contributed by atoms with Gasteiger partial charge in [-0.3, -0.25) is 4.79 Å². The molecule has 166 valence electrons. The van der Waals surface area contributed by atoms with Crippen LogP contribution in [-0.2, 0) is 22.5 Å². The number of fused-ring (bicyclic) bond motifs is 1. The maximum Gasteiger partial charge on any atom is 0.243 e. The zero-order valence-corrected chi connectivity index (χ0v) is 20.6. The summed E-state index contributed by atoms with van der Waals surface area (Å²) in [5, 5.41) is 11.4. The van der Waals surface area contributed by atoms with Crippen LogP contribution in [-0.4, -0.2) is 78.0 Å². The van der Waals surface area contributed by atoms with Gasteiger partial charge in [-0.05, 0) is 19.8 Å². The summed E-state index contributed by atoms with van der Waals surface area (Å²) < 4.78 is 7.37. The molecule has 0 spiro atoms. The third-order valence-corrected chi connectivity index (χ3v) is 4.56. The molecule has 1 unspecified atom stereocenters. The summed E-state index contributed by atoms with van der Waals surface area (Å²) in [5.41, 5.74) is 0. The van der Waals surface area contributed by atoms with Crippen LogP contribution in [0.3, 0.4) is 0 Å². The van der Waals surface area contributed by atoms with E-state index in [0.717, 1.165) is 50.6 Å². The Morgan fingerprint density at radius 2 is 2.17 bits per heavy atom. The molecular formula is C19H36IN7O2. The van der Waals surface area contributed by atoms with Gasteiger partial charge >= 0.3 is 0 Å². The second kappa shape index (κ2) is 13.0. The normalized spacial score (nSPS) is 16.2. The van der Waals surface area contributed by atoms with Crippen molar-refractivity contribution < 1.29 is 9.53 Å². The number of nitrogens with one attached hydrogen (secondary N) is 2. The summed E-state index contributed by atoms with van der Waals surface area (Å²) >= 11 is 0. The largest absolute Gasteiger partial charge is 0.382 e. The first-order valence-electron chi connectivity index (χ1n) is 10.2. The fourth-order valence-electron chi connectivity index (χ4n) is 2.85. The van der Waals surface area contributed by atoms with Gasteiger partial charge in [0.15, 0.2) is 11.8 Å². The maximum absolute atomic E-state index is 11.9. The second-order valence-corrected chi connectivity index (χ2v) is 7.53. The predicted molar refractivity (Wildman–Crippen MR) is 125 cm³/mol. The van der Waals surface area contributed by atoms with Gasteiger partial charge in [-0.2, -0.15) is 5.10 Å². The fourth-order valence-corrected chi connectivity index (χ4v) is 2.85. The molecule has 2 rings (SSSR count). The molecule has 0 aliphatic carbocycles. The number of carbonyl (C=O) groups is 1. The summed E-state index contributed by atoms with van der Waals surface area (Å²) in [5.74, 6) is 2.90. The van der Waals surface area contributed by atoms with E-state index >= 15 is 0 Å². The minimum atomic E-state index is -0.0285. The molecule has 1 atom stereocenters. The van der Waals surface area contributed by atoms with Gasteiger partial charge in [-0.25, -0.2) is 14.7 Å². The van der Waals surface area contributed by atoms with E-state index in [9.17, 15) is 4.79 Å². The van der Waals surface area contributed by atoms with Crippen LogP contribution in [0.5, 0.6) is 0 Å². The summed E-state index contributed by atoms with van der Waals surface area (Å²) in [7, 11) is 3.47. The molecule has 10 heteroatoms. The molecule has 2 N–H and O–H groups in total. The minimum absolute atomic E-state index is 0. The van der Waals surface area contributed by atoms with Crippen molar-refractivity contribution in [1.82, 2.24) is 30.3 Å². The summed E-state index contributed by atoms with van der Waals surface area (Å²) in [6.45, 7) is 9.23. The monoisotopic (exact) mass is 521 g/mol. The van der Waals surface area contributed by atoms with Crippen molar-refractivity contribution in [3.8, 4) is 0 Å². The third-order valence-electron chi connectivity index (χ3n) is 4.56. The summed E-state index contributed by atoms with van der Waals surface area (Å²) in [4.78, 5) is 22.6. The predicted octanol–water partition coefficient (Wildman–Crippen LogP) is 1.38. The number of aliphatic imine (C=N–C) groups is 1. The molecule has 0 saturated heterocycles. The molecule has 1 aromatic heterocycles. The topological polar surface area (TPSA) is 96.7 Å². The average molecular weight is 521 g/mol. The van der Waals surface area contributed by atoms with Crippen LogP contribution in [0.4, 0.5) is 0 Å². The van der Waals surface area contributed by atoms with E-state index in [1.54, 1.807) is 19.0 Å². The number of ether oxygens (including phenoxy) is 1. The van der Waals surface area contributed by atoms with Gasteiger partial charge in [-0.15, -0.1) is 24.0 Å². The van der Waals surface area contributed by atoms with Crippen LogP contribution in [0, 0.1) is 0 Å². The lowest BCUT2D eigenvalue weighted by molar-refractivity contribution is -0.127. The molecule has 29 heavy (non-hydrogen) atoms. The molecule has 1 amide bonds. The Labute approximate surface area is 191 Å². The SMILES string of the molecule is CCOCCCNC(=NCC(=O)N(C)C)NC1CCc2nc(C(C)C)nn2C1.I. The minimum Gasteiger partial charge on any atom is -0.382 e. The number of aromatic nitrogens is 3. The quantitative estimate of drug-likeness (QED) is 0.221. The maximum atomic E-state index is 11.9. The van der Waals surface area contributed by atoms with Gasteiger partial charge in [0.2, 0.25) is 5.91 Å². The number of guanidine groups is 1. The van der Waals surface area contributed by atoms with E-state index < -0.39 is 0 Å². The Morgan fingerprint density at radius 1 is 1.41 bits per heavy atom. The highest BCUT2D eigenvalue weighted by molar-refractivity contribution is 14.0. The van der Waals surface area contributed by atoms with E-state index in [1.165, 1.54) is 0 Å². The molecular weight excluding hydrogens is 485 g/mol. The van der Waals surface area contributed by atoms with Gasteiger partial charge in [0, 0.05) is 52.2 Å². The molecule has 0 radical (unpaired) electrons. The highest BCUT2D eigenvalue weighted by Crippen LogP contribution is 2.16. The first-order chi connectivity index (χ1) is 13.4. The Kier molecular flexibility index (Phi) is 11.5. The number of hydrogen-bond acceptors (Lipinski definition) is 5. The number of halogens is 1. The van der Waals surface area contributed by atoms with Crippen molar-refractivity contribution in [2.45, 2.75) is 58.5 Å². The molecule has 1 aliphatic rings. The Balaban J connectivity index is 0.00000420. The van der Waals surface area contributed by atoms with Crippen LogP contribution in [0.2, 0.25) is 0 Å². The van der Waals surface area contributed by atoms with Crippen LogP contribution >= 0.6 is 24.0 Å². The van der Waals surface area contributed by atoms with Gasteiger partial charge in [-0.1, -0.05) is 13.8 Å². The number of amides is 1. The standard InChI is InChI=1S/C19H35N7O2.HI/c1-6-28-11-7-10-20-19(21-12-17(27)25(4)5)22-15-8-9-16-23-18(14(2)3)24-26(16)13-15;/h14-15H,6-13H2,1-5H3,(H2,20,21,22);1H. The molecule has 0 fully saturated rings. The van der Waals surface area contributed by atoms with Crippen LogP contribution < -0.4 is 10.6 Å². The highest BCUT2D eigenvalue weighted by Gasteiger charge is 2.23. The molecule has 0 saturated carbocycles. The zero-order chi connectivity index (χ0) is 20.5. The van der Waals surface area contributed by atoms with Crippen molar-refractivity contribution in [2.24, 2.45) is 4.99 Å². The molecule has 0 aromatic carbocycles. The van der Waals surface area contributed by atoms with Crippen LogP contribution in [0.25, 0.3) is 0 Å². The molecule has 1 aliphatic heterocycles. The number of rotatable bonds is 9. The first kappa shape index (κ1) is 25.6. The van der Waals surface area contributed by atoms with Gasteiger partial charge in [0.1, 0.15) is 12.4 Å². The lowest BCUT2D eigenvalue weighted by Crippen LogP contribution is -2.47. The van der Waals surface area contributed by atoms with Crippen LogP contribution in [0.15, 0.2) is 4.99 Å². The molecule has 0 bridgehead atoms. The van der Waals surface area contributed by atoms with E-state index in [0.29, 0.717) is 18.5 Å². The molecule has 2 heterocycles. The second-order valence-electron chi connectivity index (χ2n) is 7.53. The van der Waals surface area contributed by atoms with Crippen molar-refractivity contribution >= 4 is 35.8 Å². The fraction of sp³-hybridized carbons (Fsp3) is 0.789. The third kappa shape index (κ3) is 8.45. The zero-order valence-electron chi connectivity index (χ0n) is 18.3. The van der Waals surface area contributed by atoms with Crippen molar-refractivity contribution in [3.05, 3.63) is 11.6 Å². The number of hydrogen-bond donors (Lipinski definition) is 2. The summed E-state index contributed by atoms with van der Waals surface area (Å²) in [6, 6.07) is 0.196. The van der Waals surface area contributed by atoms with Gasteiger partial charge in [0.25, 0.3) is 0 Å². The Morgan fingerprint density at radius 3 is 2.83 bits per heavy atom. The lowest BCUT2D eigenvalue weighted by Gasteiger charge is -2.25. The van der Waals surface area contributed by atoms with E-state index in [1.807, 2.05) is 11.6 Å². The van der Waals surface area contributed by atoms with E-state index in [4.69, 9.17) is 4.74 Å². The summed E-state index contributed by atoms with van der Waals surface area (Å²) in [6.07, 6.45) is 2.72. The van der Waals surface area contributed by atoms with Gasteiger partial charge in [0.05, 0.1) is 6.54 Å². The molecule has 9 nitrogen and oxygen atoms in total. The Hall–Kier alpha value is -1.43. The van der Waals surface area contributed by atoms with Gasteiger partial charge < -0.3 is 20.3 Å². The highest BCUT2D eigenvalue weighted by atomic mass is 127. The molecule has 1 aromatic rings. The van der Waals surface area contributed by atoms with Crippen molar-refractivity contribution in [3.63, 3.8) is 0 Å². The number of nitrogens with zero attached hydrogens (tertiary/aromatic N) is 5. The smallest absolute Gasteiger partial charge is 0.243 e. The van der Waals surface area contributed by atoms with Crippen molar-refractivity contribution in [2.75, 3.05) is 40.4 Å². The number of carbonyl (C=O) groups excluding carboxylic acids is 1. The lowest BCUT2D eigenvalue weighted by atomic mass is 10.1.